The topological polar surface area (TPSA) is 36.9 Å². The molecule has 2 aliphatic rings. The number of methoxy groups -OCH3 is 1. The van der Waals surface area contributed by atoms with Crippen molar-refractivity contribution in [1.82, 2.24) is 10.2 Å². The number of nitrogens with one attached hydrogen (secondary N) is 1. The van der Waals surface area contributed by atoms with Crippen molar-refractivity contribution in [1.29, 1.82) is 0 Å². The summed E-state index contributed by atoms with van der Waals surface area (Å²) in [5.41, 5.74) is 1.93. The van der Waals surface area contributed by atoms with E-state index in [1.807, 2.05) is 7.05 Å². The summed E-state index contributed by atoms with van der Waals surface area (Å²) in [6.45, 7) is 6.41. The number of guanidine groups is 1. The SMILES string of the molecule is CN=C(NCC1(CCOC)CC1)N1CCC(c2ccccc2)C(C)C1. The number of hydrogen-bond donors (Lipinski definition) is 1. The molecule has 4 nitrogen and oxygen atoms in total. The first-order chi connectivity index (χ1) is 12.2. The maximum atomic E-state index is 5.27. The third-order valence-electron chi connectivity index (χ3n) is 6.06. The molecule has 1 N–H and O–H groups in total. The lowest BCUT2D eigenvalue weighted by molar-refractivity contribution is 0.172. The first-order valence-electron chi connectivity index (χ1n) is 9.67. The van der Waals surface area contributed by atoms with Gasteiger partial charge in [-0.2, -0.15) is 0 Å². The monoisotopic (exact) mass is 343 g/mol. The Morgan fingerprint density at radius 2 is 2.08 bits per heavy atom. The standard InChI is InChI=1S/C21H33N3O/c1-17-15-24(13-9-19(17)18-7-5-4-6-8-18)20(22-2)23-16-21(10-11-21)12-14-25-3/h4-8,17,19H,9-16H2,1-3H3,(H,22,23). The van der Waals surface area contributed by atoms with Crippen LogP contribution in [-0.2, 0) is 4.74 Å². The van der Waals surface area contributed by atoms with Crippen molar-refractivity contribution < 1.29 is 4.74 Å². The number of ether oxygens (including phenoxy) is 1. The second-order valence-corrected chi connectivity index (χ2v) is 7.87. The van der Waals surface area contributed by atoms with Gasteiger partial charge < -0.3 is 15.0 Å². The zero-order valence-corrected chi connectivity index (χ0v) is 16.0. The molecule has 1 saturated heterocycles. The van der Waals surface area contributed by atoms with E-state index in [2.05, 4.69) is 52.5 Å². The lowest BCUT2D eigenvalue weighted by Crippen LogP contribution is -2.49. The quantitative estimate of drug-likeness (QED) is 0.634. The molecule has 3 rings (SSSR count). The molecule has 25 heavy (non-hydrogen) atoms. The van der Waals surface area contributed by atoms with Crippen LogP contribution in [0.15, 0.2) is 35.3 Å². The molecule has 1 aliphatic heterocycles. The first-order valence-corrected chi connectivity index (χ1v) is 9.67. The third kappa shape index (κ3) is 4.55. The van der Waals surface area contributed by atoms with Gasteiger partial charge in [-0.15, -0.1) is 0 Å². The Balaban J connectivity index is 1.53. The minimum Gasteiger partial charge on any atom is -0.385 e. The van der Waals surface area contributed by atoms with Crippen LogP contribution in [-0.4, -0.2) is 51.3 Å². The summed E-state index contributed by atoms with van der Waals surface area (Å²) in [6.07, 6.45) is 4.97. The zero-order chi connectivity index (χ0) is 17.7. The van der Waals surface area contributed by atoms with Crippen molar-refractivity contribution in [3.63, 3.8) is 0 Å². The van der Waals surface area contributed by atoms with Crippen LogP contribution >= 0.6 is 0 Å². The first kappa shape index (κ1) is 18.2. The van der Waals surface area contributed by atoms with Gasteiger partial charge in [0, 0.05) is 40.4 Å². The Bertz CT molecular complexity index is 568. The van der Waals surface area contributed by atoms with Gasteiger partial charge in [-0.3, -0.25) is 4.99 Å². The molecule has 1 aromatic rings. The number of benzene rings is 1. The summed E-state index contributed by atoms with van der Waals surface area (Å²) in [7, 11) is 3.70. The molecule has 0 amide bonds. The van der Waals surface area contributed by atoms with E-state index in [0.29, 0.717) is 17.3 Å². The van der Waals surface area contributed by atoms with Crippen molar-refractivity contribution in [2.75, 3.05) is 40.4 Å². The second kappa shape index (κ2) is 8.22. The summed E-state index contributed by atoms with van der Waals surface area (Å²) in [6, 6.07) is 11.0. The Morgan fingerprint density at radius 3 is 2.68 bits per heavy atom. The maximum Gasteiger partial charge on any atom is 0.193 e. The van der Waals surface area contributed by atoms with Crippen molar-refractivity contribution in [3.05, 3.63) is 35.9 Å². The molecule has 2 fully saturated rings. The van der Waals surface area contributed by atoms with Crippen LogP contribution in [0.5, 0.6) is 0 Å². The molecule has 1 saturated carbocycles. The Kier molecular flexibility index (Phi) is 6.00. The maximum absolute atomic E-state index is 5.27. The smallest absolute Gasteiger partial charge is 0.193 e. The van der Waals surface area contributed by atoms with Gasteiger partial charge in [-0.05, 0) is 48.5 Å². The van der Waals surface area contributed by atoms with E-state index < -0.39 is 0 Å². The van der Waals surface area contributed by atoms with Crippen molar-refractivity contribution >= 4 is 5.96 Å². The fourth-order valence-corrected chi connectivity index (χ4v) is 4.14. The van der Waals surface area contributed by atoms with Crippen LogP contribution in [0.2, 0.25) is 0 Å². The molecule has 1 aliphatic carbocycles. The number of rotatable bonds is 6. The average molecular weight is 344 g/mol. The molecule has 138 valence electrons. The summed E-state index contributed by atoms with van der Waals surface area (Å²) in [5.74, 6) is 2.37. The van der Waals surface area contributed by atoms with Crippen molar-refractivity contribution in [3.8, 4) is 0 Å². The Morgan fingerprint density at radius 1 is 1.32 bits per heavy atom. The van der Waals surface area contributed by atoms with Crippen molar-refractivity contribution in [2.24, 2.45) is 16.3 Å². The number of piperidine rings is 1. The lowest BCUT2D eigenvalue weighted by atomic mass is 9.82. The molecule has 1 aromatic carbocycles. The van der Waals surface area contributed by atoms with Crippen LogP contribution < -0.4 is 5.32 Å². The molecule has 4 heteroatoms. The van der Waals surface area contributed by atoms with Gasteiger partial charge in [0.25, 0.3) is 0 Å². The number of likely N-dealkylation sites (tertiary alicyclic amines) is 1. The van der Waals surface area contributed by atoms with Gasteiger partial charge in [0.15, 0.2) is 5.96 Å². The molecule has 0 spiro atoms. The molecular weight excluding hydrogens is 310 g/mol. The number of aliphatic imine (C=N–C) groups is 1. The van der Waals surface area contributed by atoms with E-state index in [0.717, 1.165) is 38.6 Å². The van der Waals surface area contributed by atoms with E-state index >= 15 is 0 Å². The summed E-state index contributed by atoms with van der Waals surface area (Å²) in [4.78, 5) is 7.00. The largest absolute Gasteiger partial charge is 0.385 e. The lowest BCUT2D eigenvalue weighted by Gasteiger charge is -2.39. The van der Waals surface area contributed by atoms with Crippen LogP contribution in [0.4, 0.5) is 0 Å². The molecule has 0 bridgehead atoms. The average Bonchev–Trinajstić information content (AvgIpc) is 3.41. The third-order valence-corrected chi connectivity index (χ3v) is 6.06. The Hall–Kier alpha value is -1.55. The van der Waals surface area contributed by atoms with Crippen LogP contribution in [0.1, 0.15) is 44.1 Å². The normalized spacial score (nSPS) is 25.7. The highest BCUT2D eigenvalue weighted by atomic mass is 16.5. The minimum atomic E-state index is 0.444. The highest BCUT2D eigenvalue weighted by Crippen LogP contribution is 2.48. The zero-order valence-electron chi connectivity index (χ0n) is 16.0. The molecule has 1 heterocycles. The van der Waals surface area contributed by atoms with Crippen LogP contribution in [0, 0.1) is 11.3 Å². The van der Waals surface area contributed by atoms with E-state index in [9.17, 15) is 0 Å². The van der Waals surface area contributed by atoms with Gasteiger partial charge in [0.05, 0.1) is 0 Å². The molecular formula is C21H33N3O. The molecule has 2 atom stereocenters. The predicted molar refractivity (Wildman–Crippen MR) is 104 cm³/mol. The van der Waals surface area contributed by atoms with Crippen molar-refractivity contribution in [2.45, 2.75) is 38.5 Å². The summed E-state index contributed by atoms with van der Waals surface area (Å²) >= 11 is 0. The fraction of sp³-hybridized carbons (Fsp3) is 0.667. The fourth-order valence-electron chi connectivity index (χ4n) is 4.14. The minimum absolute atomic E-state index is 0.444. The van der Waals surface area contributed by atoms with Crippen LogP contribution in [0.3, 0.4) is 0 Å². The predicted octanol–water partition coefficient (Wildman–Crippen LogP) is 3.50. The van der Waals surface area contributed by atoms with E-state index in [4.69, 9.17) is 4.74 Å². The van der Waals surface area contributed by atoms with Gasteiger partial charge in [0.2, 0.25) is 0 Å². The van der Waals surface area contributed by atoms with E-state index in [1.54, 1.807) is 7.11 Å². The number of hydrogen-bond acceptors (Lipinski definition) is 2. The van der Waals surface area contributed by atoms with Gasteiger partial charge >= 0.3 is 0 Å². The van der Waals surface area contributed by atoms with Crippen LogP contribution in [0.25, 0.3) is 0 Å². The van der Waals surface area contributed by atoms with Gasteiger partial charge in [0.1, 0.15) is 0 Å². The van der Waals surface area contributed by atoms with E-state index in [-0.39, 0.29) is 0 Å². The second-order valence-electron chi connectivity index (χ2n) is 7.87. The summed E-state index contributed by atoms with van der Waals surface area (Å²) in [5, 5.41) is 3.65. The van der Waals surface area contributed by atoms with E-state index in [1.165, 1.54) is 24.8 Å². The highest BCUT2D eigenvalue weighted by molar-refractivity contribution is 5.80. The number of nitrogens with zero attached hydrogens (tertiary/aromatic N) is 2. The summed E-state index contributed by atoms with van der Waals surface area (Å²) < 4.78 is 5.27. The highest BCUT2D eigenvalue weighted by Gasteiger charge is 2.42. The molecule has 0 radical (unpaired) electrons. The Labute approximate surface area is 152 Å². The van der Waals surface area contributed by atoms with Gasteiger partial charge in [-0.1, -0.05) is 37.3 Å². The molecule has 0 aromatic heterocycles. The molecule has 2 unspecified atom stereocenters. The van der Waals surface area contributed by atoms with Gasteiger partial charge in [-0.25, -0.2) is 0 Å².